The van der Waals surface area contributed by atoms with Gasteiger partial charge in [-0.1, -0.05) is 36.4 Å². The zero-order valence-corrected chi connectivity index (χ0v) is 13.3. The van der Waals surface area contributed by atoms with Gasteiger partial charge in [-0.3, -0.25) is 4.98 Å². The van der Waals surface area contributed by atoms with Crippen LogP contribution in [0.4, 0.5) is 0 Å². The lowest BCUT2D eigenvalue weighted by Gasteiger charge is -1.95. The predicted molar refractivity (Wildman–Crippen MR) is 104 cm³/mol. The van der Waals surface area contributed by atoms with Gasteiger partial charge in [0.25, 0.3) is 0 Å². The van der Waals surface area contributed by atoms with Crippen LogP contribution in [-0.2, 0) is 0 Å². The summed E-state index contributed by atoms with van der Waals surface area (Å²) in [5, 5.41) is 5.89. The van der Waals surface area contributed by atoms with E-state index in [0.717, 1.165) is 33.0 Å². The summed E-state index contributed by atoms with van der Waals surface area (Å²) >= 11 is 0. The minimum atomic E-state index is 0.968. The first-order chi connectivity index (χ1) is 12.4. The highest BCUT2D eigenvalue weighted by molar-refractivity contribution is 6.26. The van der Waals surface area contributed by atoms with Crippen LogP contribution in [0.2, 0.25) is 0 Å². The highest BCUT2D eigenvalue weighted by Gasteiger charge is 2.14. The number of para-hydroxylation sites is 1. The Morgan fingerprint density at radius 1 is 0.600 bits per heavy atom. The van der Waals surface area contributed by atoms with Gasteiger partial charge in [0.15, 0.2) is 0 Å². The Labute approximate surface area is 142 Å². The topological polar surface area (TPSA) is 41.6 Å². The molecule has 0 spiro atoms. The van der Waals surface area contributed by atoms with Gasteiger partial charge in [0.2, 0.25) is 0 Å². The molecule has 3 heteroatoms. The Balaban J connectivity index is 1.91. The average molecular weight is 319 g/mol. The van der Waals surface area contributed by atoms with Crippen LogP contribution in [0.5, 0.6) is 0 Å². The molecule has 6 rings (SSSR count). The van der Waals surface area contributed by atoms with Crippen LogP contribution in [-0.4, -0.2) is 15.0 Å². The van der Waals surface area contributed by atoms with Crippen molar-refractivity contribution in [2.45, 2.75) is 0 Å². The van der Waals surface area contributed by atoms with Crippen molar-refractivity contribution in [1.29, 1.82) is 0 Å². The molecule has 0 saturated carbocycles. The number of rotatable bonds is 0. The quantitative estimate of drug-likeness (QED) is 0.397. The maximum absolute atomic E-state index is 5.06. The summed E-state index contributed by atoms with van der Waals surface area (Å²) in [6, 6.07) is 23.0. The van der Waals surface area contributed by atoms with Gasteiger partial charge < -0.3 is 4.98 Å². The van der Waals surface area contributed by atoms with E-state index < -0.39 is 0 Å². The fourth-order valence-corrected chi connectivity index (χ4v) is 3.91. The molecule has 0 aliphatic rings. The largest absolute Gasteiger partial charge is 0.354 e. The molecule has 0 aliphatic carbocycles. The molecular formula is C22H13N3. The standard InChI is InChI=1S/C22H13N3/c1-2-7-18-15(5-1)20-19(24-18)11-9-14-13-8-10-17-16(6-3-4-12-23-17)21(13)25-22(14)20/h1-12,24H. The van der Waals surface area contributed by atoms with Crippen LogP contribution in [0.25, 0.3) is 54.5 Å². The van der Waals surface area contributed by atoms with Crippen LogP contribution in [0.15, 0.2) is 72.9 Å². The van der Waals surface area contributed by atoms with Gasteiger partial charge in [0.1, 0.15) is 0 Å². The molecule has 0 aliphatic heterocycles. The van der Waals surface area contributed by atoms with E-state index in [2.05, 4.69) is 64.6 Å². The number of hydrogen-bond donors (Lipinski definition) is 1. The van der Waals surface area contributed by atoms with Gasteiger partial charge in [-0.15, -0.1) is 0 Å². The first-order valence-corrected chi connectivity index (χ1v) is 8.37. The Hall–Kier alpha value is -3.46. The highest BCUT2D eigenvalue weighted by Crippen LogP contribution is 2.37. The number of nitrogens with one attached hydrogen (secondary N) is 1. The van der Waals surface area contributed by atoms with Crippen molar-refractivity contribution in [3.05, 3.63) is 72.9 Å². The lowest BCUT2D eigenvalue weighted by atomic mass is 10.1. The second-order valence-corrected chi connectivity index (χ2v) is 6.39. The molecular weight excluding hydrogens is 306 g/mol. The summed E-state index contributed by atoms with van der Waals surface area (Å²) in [6.45, 7) is 0. The summed E-state index contributed by atoms with van der Waals surface area (Å²) in [4.78, 5) is 13.1. The number of H-pyrrole nitrogens is 1. The molecule has 1 N–H and O–H groups in total. The molecule has 0 fully saturated rings. The first kappa shape index (κ1) is 12.9. The summed E-state index contributed by atoms with van der Waals surface area (Å²) in [5.41, 5.74) is 5.33. The van der Waals surface area contributed by atoms with E-state index in [4.69, 9.17) is 4.98 Å². The Kier molecular flexibility index (Phi) is 2.35. The molecule has 3 heterocycles. The molecule has 116 valence electrons. The smallest absolute Gasteiger partial charge is 0.0816 e. The van der Waals surface area contributed by atoms with E-state index >= 15 is 0 Å². The monoisotopic (exact) mass is 319 g/mol. The van der Waals surface area contributed by atoms with E-state index in [1.54, 1.807) is 0 Å². The molecule has 0 unspecified atom stereocenters. The van der Waals surface area contributed by atoms with Crippen molar-refractivity contribution >= 4 is 54.5 Å². The average Bonchev–Trinajstić information content (AvgIpc) is 3.10. The van der Waals surface area contributed by atoms with Crippen LogP contribution in [0.3, 0.4) is 0 Å². The molecule has 6 aromatic rings. The maximum atomic E-state index is 5.06. The second kappa shape index (κ2) is 4.54. The van der Waals surface area contributed by atoms with Gasteiger partial charge in [0, 0.05) is 44.2 Å². The Bertz CT molecular complexity index is 1440. The number of nitrogens with zero attached hydrogens (tertiary/aromatic N) is 2. The predicted octanol–water partition coefficient (Wildman–Crippen LogP) is 5.57. The number of aromatic nitrogens is 3. The molecule has 0 amide bonds. The number of aromatic amines is 1. The Morgan fingerprint density at radius 3 is 2.40 bits per heavy atom. The van der Waals surface area contributed by atoms with Gasteiger partial charge in [0.05, 0.1) is 16.6 Å². The first-order valence-electron chi connectivity index (χ1n) is 8.37. The fourth-order valence-electron chi connectivity index (χ4n) is 3.91. The van der Waals surface area contributed by atoms with Crippen LogP contribution < -0.4 is 0 Å². The SMILES string of the molecule is c1ccc2c(ccc3c4ccc5[nH]c6ccccc6c5c4nc23)nc1. The zero-order valence-electron chi connectivity index (χ0n) is 13.3. The molecule has 0 radical (unpaired) electrons. The van der Waals surface area contributed by atoms with Crippen LogP contribution in [0.1, 0.15) is 0 Å². The molecule has 3 aromatic carbocycles. The van der Waals surface area contributed by atoms with Gasteiger partial charge in [-0.2, -0.15) is 0 Å². The third-order valence-corrected chi connectivity index (χ3v) is 5.03. The minimum Gasteiger partial charge on any atom is -0.354 e. The van der Waals surface area contributed by atoms with Gasteiger partial charge in [-0.05, 0) is 30.3 Å². The van der Waals surface area contributed by atoms with Crippen molar-refractivity contribution in [3.8, 4) is 0 Å². The third kappa shape index (κ3) is 1.64. The number of fused-ring (bicyclic) bond motifs is 9. The molecule has 25 heavy (non-hydrogen) atoms. The van der Waals surface area contributed by atoms with Crippen LogP contribution >= 0.6 is 0 Å². The van der Waals surface area contributed by atoms with E-state index in [-0.39, 0.29) is 0 Å². The Morgan fingerprint density at radius 2 is 1.40 bits per heavy atom. The normalized spacial score (nSPS) is 12.0. The van der Waals surface area contributed by atoms with E-state index in [1.807, 2.05) is 18.3 Å². The lowest BCUT2D eigenvalue weighted by molar-refractivity contribution is 1.44. The molecule has 0 saturated heterocycles. The van der Waals surface area contributed by atoms with E-state index in [9.17, 15) is 0 Å². The fraction of sp³-hybridized carbons (Fsp3) is 0. The minimum absolute atomic E-state index is 0.968. The van der Waals surface area contributed by atoms with Gasteiger partial charge in [-0.25, -0.2) is 4.98 Å². The molecule has 0 atom stereocenters. The van der Waals surface area contributed by atoms with Gasteiger partial charge >= 0.3 is 0 Å². The van der Waals surface area contributed by atoms with E-state index in [0.29, 0.717) is 0 Å². The number of benzene rings is 3. The van der Waals surface area contributed by atoms with Crippen molar-refractivity contribution in [2.75, 3.05) is 0 Å². The van der Waals surface area contributed by atoms with Crippen molar-refractivity contribution in [1.82, 2.24) is 15.0 Å². The summed E-state index contributed by atoms with van der Waals surface area (Å²) in [5.74, 6) is 0. The highest BCUT2D eigenvalue weighted by atomic mass is 14.8. The summed E-state index contributed by atoms with van der Waals surface area (Å²) < 4.78 is 0. The van der Waals surface area contributed by atoms with Crippen molar-refractivity contribution in [3.63, 3.8) is 0 Å². The molecule has 0 bridgehead atoms. The molecule has 3 nitrogen and oxygen atoms in total. The summed E-state index contributed by atoms with van der Waals surface area (Å²) in [7, 11) is 0. The summed E-state index contributed by atoms with van der Waals surface area (Å²) in [6.07, 6.45) is 1.83. The zero-order chi connectivity index (χ0) is 16.4. The third-order valence-electron chi connectivity index (χ3n) is 5.03. The lowest BCUT2D eigenvalue weighted by Crippen LogP contribution is -1.74. The number of hydrogen-bond acceptors (Lipinski definition) is 2. The van der Waals surface area contributed by atoms with E-state index in [1.165, 1.54) is 21.5 Å². The van der Waals surface area contributed by atoms with Crippen molar-refractivity contribution in [2.24, 2.45) is 0 Å². The van der Waals surface area contributed by atoms with Crippen LogP contribution in [0, 0.1) is 0 Å². The maximum Gasteiger partial charge on any atom is 0.0816 e. The van der Waals surface area contributed by atoms with Crippen molar-refractivity contribution < 1.29 is 0 Å². The second-order valence-electron chi connectivity index (χ2n) is 6.39. The molecule has 3 aromatic heterocycles.